The number of nitrogens with zero attached hydrogens (tertiary/aromatic N) is 2. The van der Waals surface area contributed by atoms with Crippen LogP contribution in [-0.2, 0) is 9.53 Å². The van der Waals surface area contributed by atoms with E-state index in [1.54, 1.807) is 6.92 Å². The fourth-order valence-electron chi connectivity index (χ4n) is 0.973. The van der Waals surface area contributed by atoms with Crippen molar-refractivity contribution in [3.05, 3.63) is 28.4 Å². The molecule has 7 nitrogen and oxygen atoms in total. The lowest BCUT2D eigenvalue weighted by atomic mass is 10.4. The van der Waals surface area contributed by atoms with Gasteiger partial charge in [-0.15, -0.1) is 0 Å². The van der Waals surface area contributed by atoms with Crippen LogP contribution in [0.5, 0.6) is 0 Å². The number of ether oxygens (including phenoxy) is 1. The molecule has 0 saturated carbocycles. The minimum atomic E-state index is -0.540. The van der Waals surface area contributed by atoms with Gasteiger partial charge in [-0.2, -0.15) is 0 Å². The Morgan fingerprint density at radius 2 is 2.38 bits per heavy atom. The van der Waals surface area contributed by atoms with E-state index < -0.39 is 10.9 Å². The van der Waals surface area contributed by atoms with Gasteiger partial charge in [0.25, 0.3) is 5.69 Å². The molecule has 86 valence electrons. The molecule has 1 aromatic heterocycles. The molecule has 0 atom stereocenters. The molecule has 0 amide bonds. The van der Waals surface area contributed by atoms with Gasteiger partial charge >= 0.3 is 5.97 Å². The summed E-state index contributed by atoms with van der Waals surface area (Å²) in [6.45, 7) is 2.01. The predicted octanol–water partition coefficient (Wildman–Crippen LogP) is 0.965. The Bertz CT molecular complexity index is 377. The molecular formula is C9H11N3O4. The lowest BCUT2D eigenvalue weighted by Gasteiger charge is -2.04. The summed E-state index contributed by atoms with van der Waals surface area (Å²) in [6.07, 6.45) is 1.12. The monoisotopic (exact) mass is 225 g/mol. The molecule has 1 N–H and O–H groups in total. The van der Waals surface area contributed by atoms with Crippen LogP contribution >= 0.6 is 0 Å². The fourth-order valence-corrected chi connectivity index (χ4v) is 0.973. The van der Waals surface area contributed by atoms with E-state index >= 15 is 0 Å². The molecule has 0 fully saturated rings. The van der Waals surface area contributed by atoms with Crippen LogP contribution in [-0.4, -0.2) is 29.0 Å². The molecular weight excluding hydrogens is 214 g/mol. The molecule has 16 heavy (non-hydrogen) atoms. The Morgan fingerprint density at radius 1 is 1.62 bits per heavy atom. The van der Waals surface area contributed by atoms with E-state index in [4.69, 9.17) is 0 Å². The van der Waals surface area contributed by atoms with Crippen molar-refractivity contribution in [1.82, 2.24) is 4.98 Å². The number of pyridine rings is 1. The van der Waals surface area contributed by atoms with Gasteiger partial charge in [-0.1, -0.05) is 0 Å². The number of esters is 1. The molecule has 0 saturated heterocycles. The molecule has 0 unspecified atom stereocenters. The highest BCUT2D eigenvalue weighted by atomic mass is 16.6. The van der Waals surface area contributed by atoms with Crippen molar-refractivity contribution in [2.45, 2.75) is 6.92 Å². The molecule has 0 aliphatic rings. The third-order valence-corrected chi connectivity index (χ3v) is 1.68. The van der Waals surface area contributed by atoms with Crippen molar-refractivity contribution < 1.29 is 14.5 Å². The third-order valence-electron chi connectivity index (χ3n) is 1.68. The highest BCUT2D eigenvalue weighted by Crippen LogP contribution is 2.11. The average molecular weight is 225 g/mol. The number of hydrogen-bond donors (Lipinski definition) is 1. The topological polar surface area (TPSA) is 94.4 Å². The normalized spacial score (nSPS) is 9.56. The summed E-state index contributed by atoms with van der Waals surface area (Å²) in [5.74, 6) is -0.0127. The van der Waals surface area contributed by atoms with Gasteiger partial charge in [-0.3, -0.25) is 14.9 Å². The van der Waals surface area contributed by atoms with Crippen LogP contribution in [0.2, 0.25) is 0 Å². The van der Waals surface area contributed by atoms with Crippen LogP contribution in [0, 0.1) is 10.1 Å². The van der Waals surface area contributed by atoms with E-state index in [1.807, 2.05) is 0 Å². The zero-order valence-corrected chi connectivity index (χ0v) is 8.67. The first-order valence-electron chi connectivity index (χ1n) is 4.63. The Morgan fingerprint density at radius 3 is 2.88 bits per heavy atom. The van der Waals surface area contributed by atoms with E-state index in [9.17, 15) is 14.9 Å². The van der Waals surface area contributed by atoms with Crippen LogP contribution in [0.15, 0.2) is 18.3 Å². The summed E-state index contributed by atoms with van der Waals surface area (Å²) in [7, 11) is 0. The first-order chi connectivity index (χ1) is 7.63. The summed E-state index contributed by atoms with van der Waals surface area (Å²) in [6, 6.07) is 2.73. The number of hydrogen-bond acceptors (Lipinski definition) is 6. The third kappa shape index (κ3) is 3.52. The van der Waals surface area contributed by atoms with Gasteiger partial charge in [0.05, 0.1) is 11.5 Å². The lowest BCUT2D eigenvalue weighted by Crippen LogP contribution is -2.17. The van der Waals surface area contributed by atoms with E-state index in [0.717, 1.165) is 6.20 Å². The lowest BCUT2D eigenvalue weighted by molar-refractivity contribution is -0.385. The molecule has 1 aromatic rings. The molecule has 0 spiro atoms. The van der Waals surface area contributed by atoms with Crippen molar-refractivity contribution in [2.75, 3.05) is 18.5 Å². The van der Waals surface area contributed by atoms with Gasteiger partial charge in [0.15, 0.2) is 0 Å². The van der Waals surface area contributed by atoms with Gasteiger partial charge in [0, 0.05) is 6.07 Å². The molecule has 0 bridgehead atoms. The molecule has 0 radical (unpaired) electrons. The first-order valence-corrected chi connectivity index (χ1v) is 4.63. The predicted molar refractivity (Wildman–Crippen MR) is 56.0 cm³/mol. The zero-order chi connectivity index (χ0) is 12.0. The number of aromatic nitrogens is 1. The van der Waals surface area contributed by atoms with Gasteiger partial charge in [-0.05, 0) is 13.0 Å². The van der Waals surface area contributed by atoms with Crippen LogP contribution in [0.3, 0.4) is 0 Å². The van der Waals surface area contributed by atoms with Crippen molar-refractivity contribution in [1.29, 1.82) is 0 Å². The first kappa shape index (κ1) is 11.9. The highest BCUT2D eigenvalue weighted by molar-refractivity contribution is 5.74. The molecule has 1 rings (SSSR count). The number of anilines is 1. The highest BCUT2D eigenvalue weighted by Gasteiger charge is 2.06. The van der Waals surface area contributed by atoms with Crippen molar-refractivity contribution in [3.8, 4) is 0 Å². The summed E-state index contributed by atoms with van der Waals surface area (Å²) in [5, 5.41) is 13.0. The number of nitro groups is 1. The van der Waals surface area contributed by atoms with Crippen LogP contribution < -0.4 is 5.32 Å². The second-order valence-electron chi connectivity index (χ2n) is 2.82. The second kappa shape index (κ2) is 5.64. The van der Waals surface area contributed by atoms with Gasteiger partial charge in [0.1, 0.15) is 18.6 Å². The number of nitrogens with one attached hydrogen (secondary N) is 1. The zero-order valence-electron chi connectivity index (χ0n) is 8.67. The van der Waals surface area contributed by atoms with E-state index in [-0.39, 0.29) is 12.2 Å². The van der Waals surface area contributed by atoms with E-state index in [2.05, 4.69) is 15.0 Å². The smallest absolute Gasteiger partial charge is 0.325 e. The molecule has 0 aliphatic carbocycles. The maximum atomic E-state index is 11.0. The Kier molecular flexibility index (Phi) is 4.19. The number of carbonyl (C=O) groups excluding carboxylic acids is 1. The fraction of sp³-hybridized carbons (Fsp3) is 0.333. The van der Waals surface area contributed by atoms with E-state index in [1.165, 1.54) is 12.1 Å². The van der Waals surface area contributed by atoms with Gasteiger partial charge in [0.2, 0.25) is 0 Å². The van der Waals surface area contributed by atoms with Crippen LogP contribution in [0.1, 0.15) is 6.92 Å². The molecule has 0 aliphatic heterocycles. The van der Waals surface area contributed by atoms with E-state index in [0.29, 0.717) is 12.4 Å². The standard InChI is InChI=1S/C9H11N3O4/c1-2-16-9(13)6-11-8-4-3-7(5-10-8)12(14)15/h3-5H,2,6H2,1H3,(H,10,11). The molecule has 1 heterocycles. The molecule has 0 aromatic carbocycles. The quantitative estimate of drug-likeness (QED) is 0.455. The maximum absolute atomic E-state index is 11.0. The summed E-state index contributed by atoms with van der Waals surface area (Å²) in [5.41, 5.74) is -0.0957. The van der Waals surface area contributed by atoms with Crippen molar-refractivity contribution in [2.24, 2.45) is 0 Å². The van der Waals surface area contributed by atoms with Crippen LogP contribution in [0.4, 0.5) is 11.5 Å². The SMILES string of the molecule is CCOC(=O)CNc1ccc([N+](=O)[O-])cn1. The van der Waals surface area contributed by atoms with Crippen molar-refractivity contribution in [3.63, 3.8) is 0 Å². The maximum Gasteiger partial charge on any atom is 0.325 e. The Labute approximate surface area is 91.6 Å². The average Bonchev–Trinajstić information content (AvgIpc) is 2.27. The Balaban J connectivity index is 2.49. The van der Waals surface area contributed by atoms with Gasteiger partial charge < -0.3 is 10.1 Å². The number of carbonyl (C=O) groups is 1. The minimum absolute atomic E-state index is 0.0152. The second-order valence-corrected chi connectivity index (χ2v) is 2.82. The summed E-state index contributed by atoms with van der Waals surface area (Å²) < 4.78 is 4.69. The minimum Gasteiger partial charge on any atom is -0.465 e. The van der Waals surface area contributed by atoms with Gasteiger partial charge in [-0.25, -0.2) is 4.98 Å². The summed E-state index contributed by atoms with van der Waals surface area (Å²) in [4.78, 5) is 24.5. The largest absolute Gasteiger partial charge is 0.465 e. The van der Waals surface area contributed by atoms with Crippen LogP contribution in [0.25, 0.3) is 0 Å². The summed E-state index contributed by atoms with van der Waals surface area (Å²) >= 11 is 0. The van der Waals surface area contributed by atoms with Crippen molar-refractivity contribution >= 4 is 17.5 Å². The Hall–Kier alpha value is -2.18. The molecule has 7 heteroatoms. The number of rotatable bonds is 5.